The fraction of sp³-hybridized carbons (Fsp3) is 0.333. The third-order valence-electron chi connectivity index (χ3n) is 4.52. The number of aliphatic hydroxyl groups is 1. The van der Waals surface area contributed by atoms with E-state index in [2.05, 4.69) is 10.3 Å². The highest BCUT2D eigenvalue weighted by atomic mass is 19.4. The van der Waals surface area contributed by atoms with Gasteiger partial charge < -0.3 is 10.4 Å². The zero-order valence-corrected chi connectivity index (χ0v) is 13.9. The number of hydrogen-bond acceptors (Lipinski definition) is 3. The number of rotatable bonds is 3. The fourth-order valence-electron chi connectivity index (χ4n) is 3.14. The second-order valence-corrected chi connectivity index (χ2v) is 6.27. The Morgan fingerprint density at radius 3 is 2.78 bits per heavy atom. The van der Waals surface area contributed by atoms with Crippen molar-refractivity contribution in [3.8, 4) is 0 Å². The molecule has 1 aromatic heterocycles. The predicted octanol–water partition coefficient (Wildman–Crippen LogP) is 3.55. The largest absolute Gasteiger partial charge is 0.416 e. The van der Waals surface area contributed by atoms with Gasteiger partial charge in [-0.2, -0.15) is 13.2 Å². The van der Waals surface area contributed by atoms with Gasteiger partial charge in [0, 0.05) is 18.3 Å². The topological polar surface area (TPSA) is 62.2 Å². The van der Waals surface area contributed by atoms with Crippen LogP contribution < -0.4 is 5.32 Å². The van der Waals surface area contributed by atoms with Crippen molar-refractivity contribution >= 4 is 5.91 Å². The molecule has 27 heavy (non-hydrogen) atoms. The van der Waals surface area contributed by atoms with E-state index in [0.29, 0.717) is 6.07 Å². The van der Waals surface area contributed by atoms with Crippen molar-refractivity contribution in [1.29, 1.82) is 0 Å². The van der Waals surface area contributed by atoms with E-state index in [1.165, 1.54) is 18.3 Å². The van der Waals surface area contributed by atoms with Crippen LogP contribution in [0, 0.1) is 5.82 Å². The summed E-state index contributed by atoms with van der Waals surface area (Å²) in [6.45, 7) is -0.627. The van der Waals surface area contributed by atoms with Crippen LogP contribution in [-0.4, -0.2) is 16.0 Å². The van der Waals surface area contributed by atoms with Gasteiger partial charge in [0.1, 0.15) is 5.82 Å². The van der Waals surface area contributed by atoms with Crippen LogP contribution >= 0.6 is 0 Å². The molecule has 1 amide bonds. The first-order chi connectivity index (χ1) is 12.6. The Morgan fingerprint density at radius 2 is 2.07 bits per heavy atom. The number of aromatic nitrogens is 1. The Kier molecular flexibility index (Phi) is 4.90. The number of nitrogens with zero attached hydrogens (tertiary/aromatic N) is 1. The molecule has 2 atom stereocenters. The van der Waals surface area contributed by atoms with Gasteiger partial charge in [-0.1, -0.05) is 12.1 Å². The zero-order valence-electron chi connectivity index (χ0n) is 13.9. The molecule has 1 heterocycles. The van der Waals surface area contributed by atoms with Gasteiger partial charge in [0.15, 0.2) is 0 Å². The van der Waals surface area contributed by atoms with Crippen LogP contribution in [0.1, 0.15) is 41.3 Å². The number of fused-ring (bicyclic) bond motifs is 1. The zero-order chi connectivity index (χ0) is 19.8. The Morgan fingerprint density at radius 1 is 1.33 bits per heavy atom. The molecule has 0 bridgehead atoms. The van der Waals surface area contributed by atoms with Crippen LogP contribution in [0.2, 0.25) is 0 Å². The van der Waals surface area contributed by atoms with Crippen LogP contribution in [0.25, 0.3) is 0 Å². The molecule has 1 aromatic carbocycles. The minimum absolute atomic E-state index is 0.0270. The number of halogens is 5. The summed E-state index contributed by atoms with van der Waals surface area (Å²) in [5.74, 6) is -2.21. The molecule has 2 N–H and O–H groups in total. The van der Waals surface area contributed by atoms with E-state index in [9.17, 15) is 27.5 Å². The van der Waals surface area contributed by atoms with Gasteiger partial charge in [-0.15, -0.1) is 0 Å². The number of nitrogens with one attached hydrogen (secondary N) is 1. The SMILES string of the molecule is O=C(NCc1ccc(F)cc1C(F)(F)F)[C@@]1(F)CC[C@@H](O)c2ncccc21. The maximum atomic E-state index is 15.4. The molecule has 2 aromatic rings. The fourth-order valence-corrected chi connectivity index (χ4v) is 3.14. The Labute approximate surface area is 151 Å². The lowest BCUT2D eigenvalue weighted by Crippen LogP contribution is -2.44. The van der Waals surface area contributed by atoms with Crippen molar-refractivity contribution in [3.05, 3.63) is 64.7 Å². The van der Waals surface area contributed by atoms with Crippen LogP contribution in [0.5, 0.6) is 0 Å². The summed E-state index contributed by atoms with van der Waals surface area (Å²) in [4.78, 5) is 16.3. The van der Waals surface area contributed by atoms with Gasteiger partial charge in [-0.05, 0) is 36.6 Å². The lowest BCUT2D eigenvalue weighted by Gasteiger charge is -2.32. The normalized spacial score (nSPS) is 22.2. The van der Waals surface area contributed by atoms with Gasteiger partial charge in [-0.25, -0.2) is 8.78 Å². The van der Waals surface area contributed by atoms with Crippen molar-refractivity contribution in [2.45, 2.75) is 37.3 Å². The summed E-state index contributed by atoms with van der Waals surface area (Å²) in [7, 11) is 0. The van der Waals surface area contributed by atoms with Crippen LogP contribution in [0.4, 0.5) is 22.0 Å². The van der Waals surface area contributed by atoms with Gasteiger partial charge in [-0.3, -0.25) is 9.78 Å². The number of alkyl halides is 4. The summed E-state index contributed by atoms with van der Waals surface area (Å²) in [5, 5.41) is 12.1. The summed E-state index contributed by atoms with van der Waals surface area (Å²) in [5.41, 5.74) is -4.24. The Balaban J connectivity index is 1.85. The van der Waals surface area contributed by atoms with Crippen molar-refractivity contribution in [2.75, 3.05) is 0 Å². The van der Waals surface area contributed by atoms with E-state index in [-0.39, 0.29) is 29.7 Å². The molecule has 0 saturated heterocycles. The molecule has 0 aliphatic heterocycles. The molecule has 0 saturated carbocycles. The van der Waals surface area contributed by atoms with Crippen LogP contribution in [0.3, 0.4) is 0 Å². The molecule has 144 valence electrons. The second-order valence-electron chi connectivity index (χ2n) is 6.27. The van der Waals surface area contributed by atoms with Gasteiger partial charge >= 0.3 is 6.18 Å². The van der Waals surface area contributed by atoms with Crippen molar-refractivity contribution in [2.24, 2.45) is 0 Å². The first-order valence-electron chi connectivity index (χ1n) is 8.09. The first kappa shape index (κ1) is 19.2. The van der Waals surface area contributed by atoms with Crippen molar-refractivity contribution < 1.29 is 31.9 Å². The van der Waals surface area contributed by atoms with Crippen LogP contribution in [0.15, 0.2) is 36.5 Å². The summed E-state index contributed by atoms with van der Waals surface area (Å²) >= 11 is 0. The molecule has 4 nitrogen and oxygen atoms in total. The van der Waals surface area contributed by atoms with Crippen molar-refractivity contribution in [1.82, 2.24) is 10.3 Å². The highest BCUT2D eigenvalue weighted by molar-refractivity contribution is 5.87. The monoisotopic (exact) mass is 386 g/mol. The molecule has 0 fully saturated rings. The number of carbonyl (C=O) groups is 1. The molecule has 0 spiro atoms. The van der Waals surface area contributed by atoms with E-state index in [1.807, 2.05) is 0 Å². The second kappa shape index (κ2) is 6.88. The standard InChI is InChI=1S/C18H15F5N2O2/c19-11-4-3-10(13(8-11)18(21,22)23)9-25-16(27)17(20)6-5-14(26)15-12(17)2-1-7-24-15/h1-4,7-8,14,26H,5-6,9H2,(H,25,27)/t14-,17-/m1/s1. The number of hydrogen-bond donors (Lipinski definition) is 2. The molecule has 3 rings (SSSR count). The molecule has 1 aliphatic carbocycles. The molecular formula is C18H15F5N2O2. The maximum Gasteiger partial charge on any atom is 0.416 e. The average Bonchev–Trinajstić information content (AvgIpc) is 2.63. The van der Waals surface area contributed by atoms with E-state index in [1.54, 1.807) is 0 Å². The van der Waals surface area contributed by atoms with E-state index >= 15 is 4.39 Å². The number of aliphatic hydroxyl groups excluding tert-OH is 1. The third-order valence-corrected chi connectivity index (χ3v) is 4.52. The van der Waals surface area contributed by atoms with E-state index in [0.717, 1.165) is 12.1 Å². The highest BCUT2D eigenvalue weighted by Crippen LogP contribution is 2.42. The molecule has 9 heteroatoms. The minimum atomic E-state index is -4.82. The number of amides is 1. The minimum Gasteiger partial charge on any atom is -0.387 e. The first-order valence-corrected chi connectivity index (χ1v) is 8.09. The van der Waals surface area contributed by atoms with Gasteiger partial charge in [0.2, 0.25) is 5.67 Å². The number of carbonyl (C=O) groups excluding carboxylic acids is 1. The molecule has 0 radical (unpaired) electrons. The van der Waals surface area contributed by atoms with Crippen LogP contribution in [-0.2, 0) is 23.2 Å². The maximum absolute atomic E-state index is 15.4. The Bertz CT molecular complexity index is 871. The highest BCUT2D eigenvalue weighted by Gasteiger charge is 2.46. The lowest BCUT2D eigenvalue weighted by molar-refractivity contribution is -0.139. The van der Waals surface area contributed by atoms with Crippen molar-refractivity contribution in [3.63, 3.8) is 0 Å². The van der Waals surface area contributed by atoms with E-state index in [4.69, 9.17) is 0 Å². The smallest absolute Gasteiger partial charge is 0.387 e. The Hall–Kier alpha value is -2.55. The van der Waals surface area contributed by atoms with Gasteiger partial charge in [0.05, 0.1) is 17.4 Å². The molecule has 0 unspecified atom stereocenters. The lowest BCUT2D eigenvalue weighted by atomic mass is 9.81. The number of benzene rings is 1. The van der Waals surface area contributed by atoms with E-state index < -0.39 is 41.8 Å². The summed E-state index contributed by atoms with van der Waals surface area (Å²) in [6, 6.07) is 4.76. The quantitative estimate of drug-likeness (QED) is 0.794. The molecular weight excluding hydrogens is 371 g/mol. The predicted molar refractivity (Wildman–Crippen MR) is 84.5 cm³/mol. The average molecular weight is 386 g/mol. The van der Waals surface area contributed by atoms with Gasteiger partial charge in [0.25, 0.3) is 5.91 Å². The third kappa shape index (κ3) is 3.64. The molecule has 1 aliphatic rings. The number of pyridine rings is 1. The summed E-state index contributed by atoms with van der Waals surface area (Å²) in [6.07, 6.45) is -4.89. The summed E-state index contributed by atoms with van der Waals surface area (Å²) < 4.78 is 67.6.